The summed E-state index contributed by atoms with van der Waals surface area (Å²) >= 11 is 3.41. The van der Waals surface area contributed by atoms with Gasteiger partial charge in [0.05, 0.1) is 6.54 Å². The van der Waals surface area contributed by atoms with Crippen LogP contribution in [-0.4, -0.2) is 46.3 Å². The van der Waals surface area contributed by atoms with Crippen LogP contribution in [0.15, 0.2) is 27.2 Å². The third kappa shape index (κ3) is 3.16. The Hall–Kier alpha value is -1.47. The summed E-state index contributed by atoms with van der Waals surface area (Å²) in [6.07, 6.45) is 1.84. The summed E-state index contributed by atoms with van der Waals surface area (Å²) in [7, 11) is 0. The van der Waals surface area contributed by atoms with Crippen molar-refractivity contribution in [2.75, 3.05) is 31.1 Å². The zero-order chi connectivity index (χ0) is 13.9. The van der Waals surface area contributed by atoms with Gasteiger partial charge in [-0.3, -0.25) is 4.90 Å². The Balaban J connectivity index is 1.55. The Morgan fingerprint density at radius 1 is 1.20 bits per heavy atom. The molecule has 1 aliphatic heterocycles. The molecule has 3 heterocycles. The summed E-state index contributed by atoms with van der Waals surface area (Å²) in [4.78, 5) is 9.05. The zero-order valence-corrected chi connectivity index (χ0v) is 12.9. The third-order valence-electron chi connectivity index (χ3n) is 3.33. The van der Waals surface area contributed by atoms with Gasteiger partial charge >= 0.3 is 0 Å². The fraction of sp³-hybridized carbons (Fsp3) is 0.462. The fourth-order valence-corrected chi connectivity index (χ4v) is 2.52. The second-order valence-corrected chi connectivity index (χ2v) is 5.73. The van der Waals surface area contributed by atoms with Crippen LogP contribution in [0.2, 0.25) is 0 Å². The normalized spacial score (nSPS) is 16.6. The number of hydrogen-bond donors (Lipinski definition) is 0. The van der Waals surface area contributed by atoms with Crippen LogP contribution in [0.4, 0.5) is 5.82 Å². The first-order valence-electron chi connectivity index (χ1n) is 6.58. The van der Waals surface area contributed by atoms with Gasteiger partial charge in [0.15, 0.2) is 0 Å². The monoisotopic (exact) mass is 337 g/mol. The molecule has 6 nitrogen and oxygen atoms in total. The molecule has 0 aliphatic carbocycles. The van der Waals surface area contributed by atoms with Gasteiger partial charge in [-0.2, -0.15) is 0 Å². The van der Waals surface area contributed by atoms with Gasteiger partial charge in [-0.25, -0.2) is 4.98 Å². The van der Waals surface area contributed by atoms with E-state index in [-0.39, 0.29) is 0 Å². The van der Waals surface area contributed by atoms with Gasteiger partial charge in [0.25, 0.3) is 0 Å². The maximum absolute atomic E-state index is 5.42. The van der Waals surface area contributed by atoms with Crippen molar-refractivity contribution in [3.05, 3.63) is 34.6 Å². The smallest absolute Gasteiger partial charge is 0.230 e. The zero-order valence-electron chi connectivity index (χ0n) is 11.3. The molecule has 0 saturated carbocycles. The van der Waals surface area contributed by atoms with Crippen LogP contribution >= 0.6 is 15.9 Å². The number of aryl methyl sites for hydroxylation is 1. The minimum Gasteiger partial charge on any atom is -0.424 e. The summed E-state index contributed by atoms with van der Waals surface area (Å²) in [6, 6.07) is 4.07. The van der Waals surface area contributed by atoms with E-state index >= 15 is 0 Å². The van der Waals surface area contributed by atoms with Gasteiger partial charge in [0.1, 0.15) is 5.82 Å². The molecule has 1 fully saturated rings. The highest BCUT2D eigenvalue weighted by Gasteiger charge is 2.19. The van der Waals surface area contributed by atoms with Crippen LogP contribution in [-0.2, 0) is 6.54 Å². The Labute approximate surface area is 125 Å². The minimum atomic E-state index is 0.623. The SMILES string of the molecule is Cc1nnc(CN2CCN(c3ccc(Br)cn3)CC2)o1. The molecule has 0 radical (unpaired) electrons. The van der Waals surface area contributed by atoms with Gasteiger partial charge in [-0.15, -0.1) is 10.2 Å². The molecule has 1 aliphatic rings. The Morgan fingerprint density at radius 2 is 2.00 bits per heavy atom. The Morgan fingerprint density at radius 3 is 2.60 bits per heavy atom. The minimum absolute atomic E-state index is 0.623. The van der Waals surface area contributed by atoms with Crippen molar-refractivity contribution in [3.8, 4) is 0 Å². The van der Waals surface area contributed by atoms with E-state index in [0.29, 0.717) is 11.8 Å². The number of piperazine rings is 1. The number of pyridine rings is 1. The van der Waals surface area contributed by atoms with E-state index in [4.69, 9.17) is 4.42 Å². The van der Waals surface area contributed by atoms with Crippen molar-refractivity contribution in [1.82, 2.24) is 20.1 Å². The lowest BCUT2D eigenvalue weighted by molar-refractivity contribution is 0.224. The number of rotatable bonds is 3. The van der Waals surface area contributed by atoms with Crippen LogP contribution in [0.25, 0.3) is 0 Å². The first kappa shape index (κ1) is 13.5. The van der Waals surface area contributed by atoms with Crippen molar-refractivity contribution < 1.29 is 4.42 Å². The van der Waals surface area contributed by atoms with Crippen LogP contribution in [0.5, 0.6) is 0 Å². The first-order chi connectivity index (χ1) is 9.70. The lowest BCUT2D eigenvalue weighted by Gasteiger charge is -2.34. The second kappa shape index (κ2) is 5.88. The van der Waals surface area contributed by atoms with Crippen molar-refractivity contribution in [2.24, 2.45) is 0 Å². The summed E-state index contributed by atoms with van der Waals surface area (Å²) < 4.78 is 6.42. The molecular formula is C13H16BrN5O. The van der Waals surface area contributed by atoms with Crippen LogP contribution in [0.1, 0.15) is 11.8 Å². The largest absolute Gasteiger partial charge is 0.424 e. The fourth-order valence-electron chi connectivity index (χ4n) is 2.28. The van der Waals surface area contributed by atoms with Crippen molar-refractivity contribution in [1.29, 1.82) is 0 Å². The molecule has 106 valence electrons. The maximum atomic E-state index is 5.42. The van der Waals surface area contributed by atoms with Gasteiger partial charge in [0.2, 0.25) is 11.8 Å². The molecule has 1 saturated heterocycles. The van der Waals surface area contributed by atoms with E-state index in [2.05, 4.69) is 40.9 Å². The van der Waals surface area contributed by atoms with Gasteiger partial charge in [0, 0.05) is 43.8 Å². The van der Waals surface area contributed by atoms with Crippen LogP contribution in [0.3, 0.4) is 0 Å². The molecule has 2 aromatic rings. The first-order valence-corrected chi connectivity index (χ1v) is 7.38. The van der Waals surface area contributed by atoms with Gasteiger partial charge in [-0.1, -0.05) is 0 Å². The Bertz CT molecular complexity index is 562. The number of nitrogens with zero attached hydrogens (tertiary/aromatic N) is 5. The highest BCUT2D eigenvalue weighted by molar-refractivity contribution is 9.10. The number of anilines is 1. The molecule has 0 aromatic carbocycles. The van der Waals surface area contributed by atoms with E-state index in [1.165, 1.54) is 0 Å². The summed E-state index contributed by atoms with van der Waals surface area (Å²) in [5.74, 6) is 2.34. The predicted molar refractivity (Wildman–Crippen MR) is 78.5 cm³/mol. The van der Waals surface area contributed by atoms with Crippen LogP contribution in [0, 0.1) is 6.92 Å². The van der Waals surface area contributed by atoms with Crippen molar-refractivity contribution in [2.45, 2.75) is 13.5 Å². The third-order valence-corrected chi connectivity index (χ3v) is 3.80. The standard InChI is InChI=1S/C13H16BrN5O/c1-10-16-17-13(20-10)9-18-4-6-19(7-5-18)12-3-2-11(14)8-15-12/h2-3,8H,4-7,9H2,1H3. The average molecular weight is 338 g/mol. The van der Waals surface area contributed by atoms with E-state index in [1.807, 2.05) is 25.3 Å². The van der Waals surface area contributed by atoms with Crippen LogP contribution < -0.4 is 4.90 Å². The maximum Gasteiger partial charge on any atom is 0.230 e. The molecule has 0 spiro atoms. The quantitative estimate of drug-likeness (QED) is 0.851. The number of halogens is 1. The number of hydrogen-bond acceptors (Lipinski definition) is 6. The van der Waals surface area contributed by atoms with E-state index in [1.54, 1.807) is 0 Å². The van der Waals surface area contributed by atoms with Crippen molar-refractivity contribution in [3.63, 3.8) is 0 Å². The molecule has 0 amide bonds. The molecule has 7 heteroatoms. The lowest BCUT2D eigenvalue weighted by atomic mass is 10.3. The van der Waals surface area contributed by atoms with E-state index in [9.17, 15) is 0 Å². The molecule has 2 aromatic heterocycles. The van der Waals surface area contributed by atoms with Gasteiger partial charge < -0.3 is 9.32 Å². The topological polar surface area (TPSA) is 58.3 Å². The highest BCUT2D eigenvalue weighted by atomic mass is 79.9. The Kier molecular flexibility index (Phi) is 3.98. The van der Waals surface area contributed by atoms with Crippen molar-refractivity contribution >= 4 is 21.7 Å². The van der Waals surface area contributed by atoms with E-state index < -0.39 is 0 Å². The van der Waals surface area contributed by atoms with Gasteiger partial charge in [-0.05, 0) is 28.1 Å². The second-order valence-electron chi connectivity index (χ2n) is 4.81. The molecule has 0 unspecified atom stereocenters. The summed E-state index contributed by atoms with van der Waals surface area (Å²) in [5, 5.41) is 7.89. The lowest BCUT2D eigenvalue weighted by Crippen LogP contribution is -2.46. The molecular weight excluding hydrogens is 322 g/mol. The molecule has 20 heavy (non-hydrogen) atoms. The summed E-state index contributed by atoms with van der Waals surface area (Å²) in [5.41, 5.74) is 0. The highest BCUT2D eigenvalue weighted by Crippen LogP contribution is 2.17. The molecule has 0 atom stereocenters. The molecule has 0 N–H and O–H groups in total. The molecule has 0 bridgehead atoms. The summed E-state index contributed by atoms with van der Waals surface area (Å²) in [6.45, 7) is 6.40. The predicted octanol–water partition coefficient (Wildman–Crippen LogP) is 1.86. The number of aromatic nitrogens is 3. The molecule has 3 rings (SSSR count). The average Bonchev–Trinajstić information content (AvgIpc) is 2.86. The van der Waals surface area contributed by atoms with E-state index in [0.717, 1.165) is 43.0 Å².